The summed E-state index contributed by atoms with van der Waals surface area (Å²) in [7, 11) is 0. The van der Waals surface area contributed by atoms with Crippen molar-refractivity contribution in [2.75, 3.05) is 9.80 Å². The first kappa shape index (κ1) is 48.4. The Morgan fingerprint density at radius 2 is 0.583 bits per heavy atom. The van der Waals surface area contributed by atoms with E-state index in [1.54, 1.807) is 0 Å². The zero-order valence-electron chi connectivity index (χ0n) is 42.5. The summed E-state index contributed by atoms with van der Waals surface area (Å²) in [6.07, 6.45) is 0. The molecule has 0 spiro atoms. The highest BCUT2D eigenvalue weighted by atomic mass is 15.3. The number of anilines is 6. The van der Waals surface area contributed by atoms with Gasteiger partial charge in [0.25, 0.3) is 5.82 Å². The molecule has 6 heteroatoms. The fourth-order valence-corrected chi connectivity index (χ4v) is 9.85. The average Bonchev–Trinajstić information content (AvgIpc) is 3.42. The second kappa shape index (κ2) is 19.7. The van der Waals surface area contributed by atoms with E-state index in [9.17, 15) is 5.26 Å². The SMILES string of the molecule is [C-]#[N+]c1nc(N(c2ccc(C(C)(C)c3ccccc3)cc2)c2ccc(C(C)(C)c3ccccc3)cc2)c(C#N)nc1N(c1ccc(C(C)(C)c2ccccc2)cc1)c1ccc(C(C)(C)c2ccccc2)cc1. The van der Waals surface area contributed by atoms with Crippen LogP contribution >= 0.6 is 0 Å². The smallest absolute Gasteiger partial charge is 0.315 e. The molecular formula is C66H60N6. The number of nitriles is 1. The first-order valence-electron chi connectivity index (χ1n) is 24.6. The van der Waals surface area contributed by atoms with Crippen molar-refractivity contribution in [2.24, 2.45) is 0 Å². The van der Waals surface area contributed by atoms with Gasteiger partial charge in [0.1, 0.15) is 6.07 Å². The van der Waals surface area contributed by atoms with E-state index in [1.807, 2.05) is 34.1 Å². The van der Waals surface area contributed by atoms with Crippen LogP contribution in [-0.4, -0.2) is 9.97 Å². The third-order valence-electron chi connectivity index (χ3n) is 14.8. The number of benzene rings is 8. The molecule has 0 fully saturated rings. The van der Waals surface area contributed by atoms with E-state index in [0.29, 0.717) is 0 Å². The van der Waals surface area contributed by atoms with Crippen molar-refractivity contribution in [2.45, 2.75) is 77.0 Å². The van der Waals surface area contributed by atoms with E-state index in [2.05, 4.69) is 260 Å². The first-order chi connectivity index (χ1) is 34.6. The summed E-state index contributed by atoms with van der Waals surface area (Å²) in [6, 6.07) is 78.1. The van der Waals surface area contributed by atoms with Crippen LogP contribution in [0.15, 0.2) is 218 Å². The lowest BCUT2D eigenvalue weighted by Crippen LogP contribution is -2.21. The molecule has 1 heterocycles. The van der Waals surface area contributed by atoms with Gasteiger partial charge in [-0.2, -0.15) is 5.26 Å². The molecule has 1 aromatic heterocycles. The molecule has 0 bridgehead atoms. The molecule has 6 nitrogen and oxygen atoms in total. The summed E-state index contributed by atoms with van der Waals surface area (Å²) in [4.78, 5) is 18.3. The highest BCUT2D eigenvalue weighted by Gasteiger charge is 2.32. The molecule has 0 aliphatic rings. The van der Waals surface area contributed by atoms with Crippen molar-refractivity contribution in [3.05, 3.63) is 280 Å². The van der Waals surface area contributed by atoms with Crippen LogP contribution in [0.25, 0.3) is 4.85 Å². The maximum absolute atomic E-state index is 11.2. The van der Waals surface area contributed by atoms with Gasteiger partial charge >= 0.3 is 5.82 Å². The van der Waals surface area contributed by atoms with Gasteiger partial charge in [-0.3, -0.25) is 4.90 Å². The molecule has 0 saturated heterocycles. The number of hydrogen-bond donors (Lipinski definition) is 0. The highest BCUT2D eigenvalue weighted by Crippen LogP contribution is 2.45. The Hall–Kier alpha value is -8.58. The van der Waals surface area contributed by atoms with Gasteiger partial charge in [-0.05, 0) is 93.0 Å². The Bertz CT molecular complexity index is 2950. The Balaban J connectivity index is 1.19. The second-order valence-corrected chi connectivity index (χ2v) is 20.6. The van der Waals surface area contributed by atoms with Crippen molar-refractivity contribution in [3.63, 3.8) is 0 Å². The molecule has 0 aliphatic heterocycles. The maximum atomic E-state index is 11.2. The fraction of sp³-hybridized carbons (Fsp3) is 0.182. The zero-order valence-corrected chi connectivity index (χ0v) is 42.5. The molecule has 8 aromatic carbocycles. The molecule has 0 atom stereocenters. The van der Waals surface area contributed by atoms with Gasteiger partial charge in [-0.15, -0.1) is 0 Å². The van der Waals surface area contributed by atoms with Gasteiger partial charge in [0.2, 0.25) is 5.69 Å². The van der Waals surface area contributed by atoms with Gasteiger partial charge in [-0.25, -0.2) is 4.98 Å². The van der Waals surface area contributed by atoms with Gasteiger partial charge in [0, 0.05) is 44.4 Å². The summed E-state index contributed by atoms with van der Waals surface area (Å²) in [5.41, 5.74) is 11.4. The normalized spacial score (nSPS) is 11.9. The summed E-state index contributed by atoms with van der Waals surface area (Å²) >= 11 is 0. The van der Waals surface area contributed by atoms with Crippen molar-refractivity contribution in [1.29, 1.82) is 5.26 Å². The van der Waals surface area contributed by atoms with E-state index >= 15 is 0 Å². The summed E-state index contributed by atoms with van der Waals surface area (Å²) in [5.74, 6) is 0.576. The van der Waals surface area contributed by atoms with E-state index in [1.165, 1.54) is 22.3 Å². The average molecular weight is 937 g/mol. The summed E-state index contributed by atoms with van der Waals surface area (Å²) in [5, 5.41) is 11.2. The van der Waals surface area contributed by atoms with Crippen molar-refractivity contribution >= 4 is 40.2 Å². The van der Waals surface area contributed by atoms with E-state index < -0.39 is 0 Å². The second-order valence-electron chi connectivity index (χ2n) is 20.6. The van der Waals surface area contributed by atoms with Crippen molar-refractivity contribution < 1.29 is 0 Å². The molecule has 9 rings (SSSR count). The standard InChI is InChI=1S/C66H60N6/c1-63(2,47-22-14-10-15-23-47)51-30-38-55(39-31-51)71(56-40-32-52(33-41-56)64(3,4)48-24-16-11-17-25-48)61-59(46-67)69-62(60(68-9)70-61)72(57-42-34-53(35-43-57)65(5,6)49-26-18-12-19-27-49)58-44-36-54(37-45-58)66(7,8)50-28-20-13-21-29-50/h10-45H,1-8H3. The molecule has 0 N–H and O–H groups in total. The monoisotopic (exact) mass is 936 g/mol. The van der Waals surface area contributed by atoms with E-state index in [4.69, 9.17) is 16.5 Å². The minimum absolute atomic E-state index is 0.0556. The van der Waals surface area contributed by atoms with Crippen molar-refractivity contribution in [1.82, 2.24) is 9.97 Å². The number of nitrogens with zero attached hydrogens (tertiary/aromatic N) is 6. The quantitative estimate of drug-likeness (QED) is 0.102. The molecule has 354 valence electrons. The fourth-order valence-electron chi connectivity index (χ4n) is 9.85. The summed E-state index contributed by atoms with van der Waals surface area (Å²) < 4.78 is 0. The highest BCUT2D eigenvalue weighted by molar-refractivity contribution is 5.85. The van der Waals surface area contributed by atoms with Crippen LogP contribution in [0.3, 0.4) is 0 Å². The lowest BCUT2D eigenvalue weighted by molar-refractivity contribution is 0.640. The molecule has 0 unspecified atom stereocenters. The third kappa shape index (κ3) is 9.28. The molecule has 9 aromatic rings. The van der Waals surface area contributed by atoms with Crippen LogP contribution in [0.1, 0.15) is 106 Å². The Morgan fingerprint density at radius 3 is 0.819 bits per heavy atom. The van der Waals surface area contributed by atoms with Gasteiger partial charge in [0.05, 0.1) is 0 Å². The zero-order chi connectivity index (χ0) is 50.7. The Labute approximate surface area is 426 Å². The number of hydrogen-bond acceptors (Lipinski definition) is 5. The largest absolute Gasteiger partial charge is 0.358 e. The predicted octanol–water partition coefficient (Wildman–Crippen LogP) is 17.1. The molecule has 0 saturated carbocycles. The molecule has 0 amide bonds. The first-order valence-corrected chi connectivity index (χ1v) is 24.6. The van der Waals surface area contributed by atoms with Gasteiger partial charge in [0.15, 0.2) is 5.82 Å². The molecule has 0 aliphatic carbocycles. The molecule has 72 heavy (non-hydrogen) atoms. The summed E-state index contributed by atoms with van der Waals surface area (Å²) in [6.45, 7) is 26.6. The molecule has 0 radical (unpaired) electrons. The van der Waals surface area contributed by atoms with Crippen LogP contribution in [-0.2, 0) is 21.7 Å². The Kier molecular flexibility index (Phi) is 13.2. The van der Waals surface area contributed by atoms with E-state index in [0.717, 1.165) is 45.0 Å². The minimum atomic E-state index is -0.277. The molecular weight excluding hydrogens is 877 g/mol. The predicted molar refractivity (Wildman–Crippen MR) is 297 cm³/mol. The lowest BCUT2D eigenvalue weighted by Gasteiger charge is -2.31. The van der Waals surface area contributed by atoms with Crippen LogP contribution < -0.4 is 9.80 Å². The van der Waals surface area contributed by atoms with Crippen LogP contribution in [0.2, 0.25) is 0 Å². The van der Waals surface area contributed by atoms with Gasteiger partial charge < -0.3 is 9.74 Å². The topological polar surface area (TPSA) is 60.4 Å². The van der Waals surface area contributed by atoms with Crippen LogP contribution in [0.5, 0.6) is 0 Å². The maximum Gasteiger partial charge on any atom is 0.315 e. The number of rotatable bonds is 14. The Morgan fingerprint density at radius 1 is 0.347 bits per heavy atom. The van der Waals surface area contributed by atoms with E-state index in [-0.39, 0.29) is 44.8 Å². The van der Waals surface area contributed by atoms with Crippen molar-refractivity contribution in [3.8, 4) is 6.07 Å². The van der Waals surface area contributed by atoms with Gasteiger partial charge in [-0.1, -0.05) is 237 Å². The third-order valence-corrected chi connectivity index (χ3v) is 14.8. The minimum Gasteiger partial charge on any atom is -0.358 e. The number of aromatic nitrogens is 2. The lowest BCUT2D eigenvalue weighted by atomic mass is 9.78. The van der Waals surface area contributed by atoms with Crippen LogP contribution in [0, 0.1) is 17.9 Å². The van der Waals surface area contributed by atoms with Crippen LogP contribution in [0.4, 0.5) is 40.2 Å².